The lowest BCUT2D eigenvalue weighted by atomic mass is 9.77. The first-order valence-corrected chi connectivity index (χ1v) is 11.4. The number of halogens is 2. The smallest absolute Gasteiger partial charge is 0.308 e. The molecule has 0 aliphatic heterocycles. The molecule has 0 amide bonds. The summed E-state index contributed by atoms with van der Waals surface area (Å²) in [5.41, 5.74) is 4.80. The average molecular weight is 452 g/mol. The first kappa shape index (κ1) is 21.6. The Hall–Kier alpha value is -3.22. The van der Waals surface area contributed by atoms with Gasteiger partial charge < -0.3 is 9.30 Å². The SMILES string of the molecule is COC(=O)[C@H]1CC[C@H](c2c(C(C)C)n(-c3ccc(F)c(F)c3)c3cc4cn[nH]c4cc32)CC1. The van der Waals surface area contributed by atoms with E-state index in [-0.39, 0.29) is 23.7 Å². The normalized spacial score (nSPS) is 19.0. The maximum Gasteiger partial charge on any atom is 0.308 e. The van der Waals surface area contributed by atoms with Gasteiger partial charge in [0, 0.05) is 28.2 Å². The third kappa shape index (κ3) is 3.59. The Balaban J connectivity index is 1.73. The van der Waals surface area contributed by atoms with Crippen LogP contribution >= 0.6 is 0 Å². The number of benzene rings is 2. The molecule has 1 fully saturated rings. The maximum absolute atomic E-state index is 14.3. The van der Waals surface area contributed by atoms with Gasteiger partial charge in [-0.3, -0.25) is 9.89 Å². The summed E-state index contributed by atoms with van der Waals surface area (Å²) in [6.45, 7) is 4.25. The summed E-state index contributed by atoms with van der Waals surface area (Å²) in [5, 5.41) is 9.27. The molecule has 2 aromatic carbocycles. The summed E-state index contributed by atoms with van der Waals surface area (Å²) in [4.78, 5) is 12.1. The number of ether oxygens (including phenoxy) is 1. The highest BCUT2D eigenvalue weighted by molar-refractivity contribution is 5.99. The topological polar surface area (TPSA) is 59.9 Å². The average Bonchev–Trinajstić information content (AvgIpc) is 3.40. The van der Waals surface area contributed by atoms with Crippen molar-refractivity contribution in [2.24, 2.45) is 5.92 Å². The van der Waals surface area contributed by atoms with Crippen LogP contribution in [0.2, 0.25) is 0 Å². The molecule has 4 aromatic rings. The van der Waals surface area contributed by atoms with Gasteiger partial charge >= 0.3 is 5.97 Å². The van der Waals surface area contributed by atoms with E-state index in [1.54, 1.807) is 12.3 Å². The van der Waals surface area contributed by atoms with Crippen molar-refractivity contribution in [3.63, 3.8) is 0 Å². The molecular formula is C26H27F2N3O2. The summed E-state index contributed by atoms with van der Waals surface area (Å²) in [7, 11) is 1.44. The summed E-state index contributed by atoms with van der Waals surface area (Å²) in [6, 6.07) is 8.24. The number of carbonyl (C=O) groups excluding carboxylic acids is 1. The van der Waals surface area contributed by atoms with E-state index < -0.39 is 11.6 Å². The molecule has 7 heteroatoms. The highest BCUT2D eigenvalue weighted by atomic mass is 19.2. The van der Waals surface area contributed by atoms with E-state index in [9.17, 15) is 13.6 Å². The lowest BCUT2D eigenvalue weighted by Gasteiger charge is -2.28. The van der Waals surface area contributed by atoms with Crippen molar-refractivity contribution in [3.05, 3.63) is 59.4 Å². The minimum atomic E-state index is -0.867. The van der Waals surface area contributed by atoms with Gasteiger partial charge in [-0.1, -0.05) is 13.8 Å². The number of fused-ring (bicyclic) bond motifs is 2. The highest BCUT2D eigenvalue weighted by Gasteiger charge is 2.32. The van der Waals surface area contributed by atoms with Crippen LogP contribution in [0.3, 0.4) is 0 Å². The number of hydrogen-bond acceptors (Lipinski definition) is 3. The van der Waals surface area contributed by atoms with Crippen molar-refractivity contribution in [2.75, 3.05) is 7.11 Å². The van der Waals surface area contributed by atoms with E-state index in [1.165, 1.54) is 24.8 Å². The number of hydrogen-bond donors (Lipinski definition) is 1. The fourth-order valence-electron chi connectivity index (χ4n) is 5.45. The van der Waals surface area contributed by atoms with Gasteiger partial charge in [-0.25, -0.2) is 8.78 Å². The molecule has 1 aliphatic carbocycles. The Kier molecular flexibility index (Phi) is 5.43. The van der Waals surface area contributed by atoms with Crippen LogP contribution in [0.1, 0.15) is 62.6 Å². The summed E-state index contributed by atoms with van der Waals surface area (Å²) in [6.07, 6.45) is 5.07. The number of nitrogens with one attached hydrogen (secondary N) is 1. The molecule has 5 nitrogen and oxygen atoms in total. The van der Waals surface area contributed by atoms with Gasteiger partial charge in [0.25, 0.3) is 0 Å². The van der Waals surface area contributed by atoms with Gasteiger partial charge in [0.2, 0.25) is 0 Å². The molecule has 172 valence electrons. The van der Waals surface area contributed by atoms with E-state index in [0.717, 1.165) is 53.2 Å². The zero-order valence-electron chi connectivity index (χ0n) is 19.0. The predicted octanol–water partition coefficient (Wildman–Crippen LogP) is 6.36. The van der Waals surface area contributed by atoms with Gasteiger partial charge in [-0.05, 0) is 67.3 Å². The monoisotopic (exact) mass is 451 g/mol. The second-order valence-electron chi connectivity index (χ2n) is 9.29. The molecule has 0 spiro atoms. The van der Waals surface area contributed by atoms with Gasteiger partial charge in [-0.2, -0.15) is 5.10 Å². The molecule has 1 N–H and O–H groups in total. The fraction of sp³-hybridized carbons (Fsp3) is 0.385. The van der Waals surface area contributed by atoms with E-state index in [0.29, 0.717) is 5.69 Å². The molecule has 0 atom stereocenters. The molecule has 1 aliphatic rings. The summed E-state index contributed by atoms with van der Waals surface area (Å²) >= 11 is 0. The standard InChI is InChI=1S/C26H27F2N3O2/c1-14(2)25-24(15-4-6-16(7-5-15)26(32)33-3)19-12-22-17(13-29-30-22)10-23(19)31(25)18-8-9-20(27)21(28)11-18/h8-16H,4-7H2,1-3H3,(H,29,30)/t15-,16-. The number of H-pyrrole nitrogens is 1. The molecule has 0 bridgehead atoms. The molecule has 5 rings (SSSR count). The van der Waals surface area contributed by atoms with Crippen molar-refractivity contribution in [1.29, 1.82) is 0 Å². The van der Waals surface area contributed by atoms with Crippen LogP contribution < -0.4 is 0 Å². The zero-order valence-corrected chi connectivity index (χ0v) is 19.0. The van der Waals surface area contributed by atoms with Crippen molar-refractivity contribution in [2.45, 2.75) is 51.4 Å². The van der Waals surface area contributed by atoms with Crippen LogP contribution in [-0.4, -0.2) is 27.8 Å². The van der Waals surface area contributed by atoms with E-state index in [4.69, 9.17) is 4.74 Å². The largest absolute Gasteiger partial charge is 0.469 e. The van der Waals surface area contributed by atoms with E-state index in [2.05, 4.69) is 40.7 Å². The molecular weight excluding hydrogens is 424 g/mol. The van der Waals surface area contributed by atoms with Crippen molar-refractivity contribution in [3.8, 4) is 5.69 Å². The third-order valence-electron chi connectivity index (χ3n) is 6.98. The van der Waals surface area contributed by atoms with Crippen molar-refractivity contribution < 1.29 is 18.3 Å². The molecule has 33 heavy (non-hydrogen) atoms. The van der Waals surface area contributed by atoms with Crippen LogP contribution in [0.5, 0.6) is 0 Å². The van der Waals surface area contributed by atoms with Gasteiger partial charge in [0.05, 0.1) is 30.3 Å². The van der Waals surface area contributed by atoms with Crippen LogP contribution in [0.15, 0.2) is 36.5 Å². The predicted molar refractivity (Wildman–Crippen MR) is 124 cm³/mol. The minimum absolute atomic E-state index is 0.0624. The lowest BCUT2D eigenvalue weighted by Crippen LogP contribution is -2.22. The Morgan fingerprint density at radius 3 is 2.55 bits per heavy atom. The Morgan fingerprint density at radius 1 is 1.12 bits per heavy atom. The quantitative estimate of drug-likeness (QED) is 0.368. The molecule has 2 aromatic heterocycles. The minimum Gasteiger partial charge on any atom is -0.469 e. The Labute approximate surface area is 190 Å². The molecule has 0 saturated heterocycles. The number of aromatic amines is 1. The lowest BCUT2D eigenvalue weighted by molar-refractivity contribution is -0.146. The van der Waals surface area contributed by atoms with Gasteiger partial charge in [0.15, 0.2) is 11.6 Å². The summed E-state index contributed by atoms with van der Waals surface area (Å²) < 4.78 is 35.0. The molecule has 0 radical (unpaired) electrons. The number of methoxy groups -OCH3 is 1. The van der Waals surface area contributed by atoms with Gasteiger partial charge in [-0.15, -0.1) is 0 Å². The first-order valence-electron chi connectivity index (χ1n) is 11.4. The number of aromatic nitrogens is 3. The van der Waals surface area contributed by atoms with Crippen LogP contribution in [0.25, 0.3) is 27.5 Å². The number of carbonyl (C=O) groups is 1. The Bertz CT molecular complexity index is 1350. The summed E-state index contributed by atoms with van der Waals surface area (Å²) in [5.74, 6) is -1.52. The Morgan fingerprint density at radius 2 is 1.88 bits per heavy atom. The second kappa shape index (κ2) is 8.28. The molecule has 2 heterocycles. The fourth-order valence-corrected chi connectivity index (χ4v) is 5.45. The van der Waals surface area contributed by atoms with Gasteiger partial charge in [0.1, 0.15) is 0 Å². The van der Waals surface area contributed by atoms with Crippen molar-refractivity contribution >= 4 is 27.8 Å². The third-order valence-corrected chi connectivity index (χ3v) is 6.98. The van der Waals surface area contributed by atoms with Crippen LogP contribution in [0, 0.1) is 17.6 Å². The first-order chi connectivity index (χ1) is 15.9. The molecule has 1 saturated carbocycles. The van der Waals surface area contributed by atoms with E-state index in [1.807, 2.05) is 0 Å². The maximum atomic E-state index is 14.3. The second-order valence-corrected chi connectivity index (χ2v) is 9.29. The number of esters is 1. The van der Waals surface area contributed by atoms with Crippen LogP contribution in [0.4, 0.5) is 8.78 Å². The highest BCUT2D eigenvalue weighted by Crippen LogP contribution is 2.45. The number of rotatable bonds is 4. The molecule has 0 unspecified atom stereocenters. The van der Waals surface area contributed by atoms with Crippen LogP contribution in [-0.2, 0) is 9.53 Å². The van der Waals surface area contributed by atoms with Crippen molar-refractivity contribution in [1.82, 2.24) is 14.8 Å². The zero-order chi connectivity index (χ0) is 23.3. The number of nitrogens with zero attached hydrogens (tertiary/aromatic N) is 2. The van der Waals surface area contributed by atoms with E-state index >= 15 is 0 Å².